The van der Waals surface area contributed by atoms with Gasteiger partial charge in [0.25, 0.3) is 0 Å². The SMILES string of the molecule is CCCCCCCCCCCCOP(c1ccccc1)c1ccccc1. The summed E-state index contributed by atoms with van der Waals surface area (Å²) in [6.07, 6.45) is 13.6. The van der Waals surface area contributed by atoms with E-state index in [0.29, 0.717) is 0 Å². The molecule has 0 amide bonds. The molecule has 26 heavy (non-hydrogen) atoms. The van der Waals surface area contributed by atoms with Gasteiger partial charge in [0.15, 0.2) is 0 Å². The zero-order valence-electron chi connectivity index (χ0n) is 16.4. The molecule has 2 rings (SSSR count). The van der Waals surface area contributed by atoms with Crippen molar-refractivity contribution in [2.45, 2.75) is 71.1 Å². The molecule has 2 aromatic carbocycles. The van der Waals surface area contributed by atoms with Gasteiger partial charge in [-0.05, 0) is 6.42 Å². The molecule has 0 fully saturated rings. The van der Waals surface area contributed by atoms with Gasteiger partial charge in [0.2, 0.25) is 0 Å². The Morgan fingerprint density at radius 2 is 1.00 bits per heavy atom. The van der Waals surface area contributed by atoms with Gasteiger partial charge < -0.3 is 4.52 Å². The first-order valence-corrected chi connectivity index (χ1v) is 11.7. The second-order valence-electron chi connectivity index (χ2n) is 6.98. The Balaban J connectivity index is 1.64. The van der Waals surface area contributed by atoms with Crippen LogP contribution in [0.5, 0.6) is 0 Å². The lowest BCUT2D eigenvalue weighted by molar-refractivity contribution is 0.343. The van der Waals surface area contributed by atoms with Crippen molar-refractivity contribution in [3.8, 4) is 0 Å². The summed E-state index contributed by atoms with van der Waals surface area (Å²) in [5.41, 5.74) is 0. The molecule has 2 heteroatoms. The molecule has 1 nitrogen and oxygen atoms in total. The van der Waals surface area contributed by atoms with E-state index in [4.69, 9.17) is 4.52 Å². The maximum absolute atomic E-state index is 6.35. The molecular weight excluding hydrogens is 335 g/mol. The maximum Gasteiger partial charge on any atom is 0.0917 e. The molecule has 0 saturated carbocycles. The summed E-state index contributed by atoms with van der Waals surface area (Å²) in [4.78, 5) is 0. The first kappa shape index (κ1) is 21.1. The highest BCUT2D eigenvalue weighted by Gasteiger charge is 2.14. The predicted octanol–water partition coefficient (Wildman–Crippen LogP) is 6.97. The summed E-state index contributed by atoms with van der Waals surface area (Å²) in [7, 11) is -0.687. The quantitative estimate of drug-likeness (QED) is 0.258. The van der Waals surface area contributed by atoms with Crippen LogP contribution in [-0.2, 0) is 4.52 Å². The average molecular weight is 371 g/mol. The van der Waals surface area contributed by atoms with E-state index in [1.807, 2.05) is 0 Å². The first-order valence-electron chi connectivity index (χ1n) is 10.4. The van der Waals surface area contributed by atoms with Crippen LogP contribution in [0.1, 0.15) is 71.1 Å². The monoisotopic (exact) mass is 370 g/mol. The van der Waals surface area contributed by atoms with Crippen molar-refractivity contribution in [3.63, 3.8) is 0 Å². The van der Waals surface area contributed by atoms with Gasteiger partial charge in [0, 0.05) is 10.6 Å². The van der Waals surface area contributed by atoms with Gasteiger partial charge in [-0.3, -0.25) is 0 Å². The van der Waals surface area contributed by atoms with E-state index in [9.17, 15) is 0 Å². The van der Waals surface area contributed by atoms with Crippen LogP contribution in [0, 0.1) is 0 Å². The molecule has 0 aliphatic heterocycles. The molecule has 0 radical (unpaired) electrons. The van der Waals surface area contributed by atoms with Crippen LogP contribution in [-0.4, -0.2) is 6.61 Å². The molecule has 0 saturated heterocycles. The smallest absolute Gasteiger partial charge is 0.0917 e. The fourth-order valence-corrected chi connectivity index (χ4v) is 4.96. The first-order chi connectivity index (χ1) is 12.9. The fraction of sp³-hybridized carbons (Fsp3) is 0.500. The predicted molar refractivity (Wildman–Crippen MR) is 117 cm³/mol. The number of hydrogen-bond donors (Lipinski definition) is 0. The van der Waals surface area contributed by atoms with E-state index in [-0.39, 0.29) is 0 Å². The van der Waals surface area contributed by atoms with Crippen LogP contribution in [0.25, 0.3) is 0 Å². The summed E-state index contributed by atoms with van der Waals surface area (Å²) in [6, 6.07) is 21.3. The zero-order chi connectivity index (χ0) is 18.3. The van der Waals surface area contributed by atoms with Crippen molar-refractivity contribution in [2.24, 2.45) is 0 Å². The highest BCUT2D eigenvalue weighted by molar-refractivity contribution is 7.68. The van der Waals surface area contributed by atoms with Crippen LogP contribution in [0.3, 0.4) is 0 Å². The standard InChI is InChI=1S/C24H35OP/c1-2-3-4-5-6-7-8-9-10-17-22-25-26(23-18-13-11-14-19-23)24-20-15-12-16-21-24/h11-16,18-21H,2-10,17,22H2,1H3. The van der Waals surface area contributed by atoms with Gasteiger partial charge >= 0.3 is 0 Å². The molecule has 0 unspecified atom stereocenters. The van der Waals surface area contributed by atoms with Gasteiger partial charge in [0.05, 0.1) is 14.8 Å². The van der Waals surface area contributed by atoms with Crippen molar-refractivity contribution < 1.29 is 4.52 Å². The lowest BCUT2D eigenvalue weighted by Crippen LogP contribution is -2.14. The minimum Gasteiger partial charge on any atom is -0.350 e. The molecule has 0 spiro atoms. The van der Waals surface area contributed by atoms with E-state index in [2.05, 4.69) is 67.6 Å². The van der Waals surface area contributed by atoms with E-state index in [1.54, 1.807) is 0 Å². The third kappa shape index (κ3) is 8.47. The van der Waals surface area contributed by atoms with Gasteiger partial charge in [0.1, 0.15) is 0 Å². The third-order valence-corrected chi connectivity index (χ3v) is 6.67. The van der Waals surface area contributed by atoms with Gasteiger partial charge in [-0.2, -0.15) is 0 Å². The van der Waals surface area contributed by atoms with Gasteiger partial charge in [-0.15, -0.1) is 0 Å². The Labute approximate surface area is 162 Å². The number of unbranched alkanes of at least 4 members (excludes halogenated alkanes) is 9. The second kappa shape index (κ2) is 14.0. The topological polar surface area (TPSA) is 9.23 Å². The molecular formula is C24H35OP. The summed E-state index contributed by atoms with van der Waals surface area (Å²) in [5.74, 6) is 0. The van der Waals surface area contributed by atoms with Gasteiger partial charge in [-0.25, -0.2) is 0 Å². The lowest BCUT2D eigenvalue weighted by Gasteiger charge is -2.18. The van der Waals surface area contributed by atoms with Crippen molar-refractivity contribution in [1.29, 1.82) is 0 Å². The number of rotatable bonds is 14. The molecule has 0 aliphatic rings. The van der Waals surface area contributed by atoms with Crippen LogP contribution in [0.4, 0.5) is 0 Å². The van der Waals surface area contributed by atoms with E-state index < -0.39 is 8.15 Å². The molecule has 0 bridgehead atoms. The Bertz CT molecular complexity index is 515. The van der Waals surface area contributed by atoms with E-state index in [0.717, 1.165) is 6.61 Å². The minimum absolute atomic E-state index is 0.687. The average Bonchev–Trinajstić information content (AvgIpc) is 2.70. The number of hydrogen-bond acceptors (Lipinski definition) is 1. The summed E-state index contributed by atoms with van der Waals surface area (Å²) in [6.45, 7) is 3.15. The molecule has 0 aromatic heterocycles. The Hall–Kier alpha value is -1.17. The third-order valence-electron chi connectivity index (χ3n) is 4.70. The van der Waals surface area contributed by atoms with Crippen LogP contribution in [0.15, 0.2) is 60.7 Å². The Kier molecular flexibility index (Phi) is 11.3. The van der Waals surface area contributed by atoms with Crippen LogP contribution in [0.2, 0.25) is 0 Å². The zero-order valence-corrected chi connectivity index (χ0v) is 17.3. The van der Waals surface area contributed by atoms with Gasteiger partial charge in [-0.1, -0.05) is 125 Å². The summed E-state index contributed by atoms with van der Waals surface area (Å²) >= 11 is 0. The highest BCUT2D eigenvalue weighted by atomic mass is 31.1. The van der Waals surface area contributed by atoms with E-state index >= 15 is 0 Å². The van der Waals surface area contributed by atoms with E-state index in [1.165, 1.54) is 74.8 Å². The maximum atomic E-state index is 6.35. The molecule has 2 aromatic rings. The van der Waals surface area contributed by atoms with Crippen molar-refractivity contribution >= 4 is 18.8 Å². The summed E-state index contributed by atoms with van der Waals surface area (Å²) < 4.78 is 6.35. The second-order valence-corrected chi connectivity index (χ2v) is 8.86. The van der Waals surface area contributed by atoms with Crippen molar-refractivity contribution in [3.05, 3.63) is 60.7 Å². The summed E-state index contributed by atoms with van der Waals surface area (Å²) in [5, 5.41) is 2.61. The molecule has 0 aliphatic carbocycles. The Morgan fingerprint density at radius 3 is 1.46 bits per heavy atom. The van der Waals surface area contributed by atoms with Crippen molar-refractivity contribution in [2.75, 3.05) is 6.61 Å². The van der Waals surface area contributed by atoms with Crippen LogP contribution >= 0.6 is 8.15 Å². The molecule has 142 valence electrons. The highest BCUT2D eigenvalue weighted by Crippen LogP contribution is 2.34. The molecule has 0 atom stereocenters. The minimum atomic E-state index is -0.687. The Morgan fingerprint density at radius 1 is 0.577 bits per heavy atom. The molecule has 0 heterocycles. The normalized spacial score (nSPS) is 11.2. The fourth-order valence-electron chi connectivity index (χ4n) is 3.17. The lowest BCUT2D eigenvalue weighted by atomic mass is 10.1. The largest absolute Gasteiger partial charge is 0.350 e. The van der Waals surface area contributed by atoms with Crippen molar-refractivity contribution in [1.82, 2.24) is 0 Å². The number of benzene rings is 2. The van der Waals surface area contributed by atoms with Crippen LogP contribution < -0.4 is 10.6 Å². The molecule has 0 N–H and O–H groups in total.